The average molecular weight is 404 g/mol. The summed E-state index contributed by atoms with van der Waals surface area (Å²) < 4.78 is 41.1. The predicted octanol–water partition coefficient (Wildman–Crippen LogP) is 2.85. The molecule has 0 saturated carbocycles. The second kappa shape index (κ2) is 7.91. The molecule has 28 heavy (non-hydrogen) atoms. The van der Waals surface area contributed by atoms with Gasteiger partial charge in [-0.15, -0.1) is 4.83 Å². The van der Waals surface area contributed by atoms with Gasteiger partial charge < -0.3 is 13.9 Å². The maximum absolute atomic E-state index is 12.6. The fourth-order valence-electron chi connectivity index (χ4n) is 2.51. The van der Waals surface area contributed by atoms with Crippen LogP contribution < -0.4 is 19.7 Å². The van der Waals surface area contributed by atoms with Gasteiger partial charge in [0.25, 0.3) is 10.0 Å². The number of nitrogens with one attached hydrogen (secondary N) is 2. The van der Waals surface area contributed by atoms with Crippen LogP contribution in [-0.4, -0.2) is 27.5 Å². The molecule has 0 spiro atoms. The van der Waals surface area contributed by atoms with Crippen molar-refractivity contribution in [2.45, 2.75) is 24.8 Å². The summed E-state index contributed by atoms with van der Waals surface area (Å²) in [6.07, 6.45) is -0.237. The zero-order valence-corrected chi connectivity index (χ0v) is 16.4. The molecule has 0 bridgehead atoms. The molecule has 0 unspecified atom stereocenters. The second-order valence-electron chi connectivity index (χ2n) is 6.16. The molecule has 0 fully saturated rings. The molecule has 1 amide bonds. The lowest BCUT2D eigenvalue weighted by Gasteiger charge is -2.11. The quantitative estimate of drug-likeness (QED) is 0.587. The van der Waals surface area contributed by atoms with Crippen LogP contribution in [0.2, 0.25) is 0 Å². The van der Waals surface area contributed by atoms with Crippen molar-refractivity contribution in [3.8, 4) is 11.5 Å². The van der Waals surface area contributed by atoms with Gasteiger partial charge in [0.15, 0.2) is 5.75 Å². The molecule has 0 aliphatic carbocycles. The lowest BCUT2D eigenvalue weighted by atomic mass is 10.2. The number of carbonyl (C=O) groups excluding carboxylic acids is 1. The van der Waals surface area contributed by atoms with Crippen LogP contribution in [0.25, 0.3) is 11.0 Å². The van der Waals surface area contributed by atoms with E-state index in [-0.39, 0.29) is 22.5 Å². The van der Waals surface area contributed by atoms with E-state index in [1.165, 1.54) is 19.2 Å². The molecular weight excluding hydrogens is 384 g/mol. The summed E-state index contributed by atoms with van der Waals surface area (Å²) in [6.45, 7) is 3.61. The molecule has 3 rings (SSSR count). The first kappa shape index (κ1) is 19.7. The first-order chi connectivity index (χ1) is 13.3. The third kappa shape index (κ3) is 4.10. The largest absolute Gasteiger partial charge is 0.497 e. The lowest BCUT2D eigenvalue weighted by Crippen LogP contribution is -2.41. The van der Waals surface area contributed by atoms with Crippen LogP contribution in [0.15, 0.2) is 57.8 Å². The number of fused-ring (bicyclic) bond motifs is 1. The Bertz CT molecular complexity index is 1090. The van der Waals surface area contributed by atoms with Crippen LogP contribution in [0.5, 0.6) is 11.5 Å². The van der Waals surface area contributed by atoms with Gasteiger partial charge in [0.1, 0.15) is 11.3 Å². The first-order valence-electron chi connectivity index (χ1n) is 8.46. The molecule has 0 aliphatic heterocycles. The summed E-state index contributed by atoms with van der Waals surface area (Å²) in [5.74, 6) is -0.156. The number of hydrogen-bond acceptors (Lipinski definition) is 6. The Hall–Kier alpha value is -3.04. The standard InChI is InChI=1S/C19H20N2O6S/c1-12(2)26-17-15-11-13(25-3)9-10-16(15)27-18(17)19(22)20-21-28(23,24)14-7-5-4-6-8-14/h4-12,21H,1-3H3,(H,20,22). The Balaban J connectivity index is 1.90. The molecule has 0 radical (unpaired) electrons. The van der Waals surface area contributed by atoms with Gasteiger partial charge in [-0.2, -0.15) is 0 Å². The van der Waals surface area contributed by atoms with Crippen molar-refractivity contribution < 1.29 is 27.1 Å². The van der Waals surface area contributed by atoms with Crippen molar-refractivity contribution in [2.75, 3.05) is 7.11 Å². The molecule has 0 aliphatic rings. The minimum Gasteiger partial charge on any atom is -0.497 e. The number of amides is 1. The number of rotatable bonds is 7. The van der Waals surface area contributed by atoms with Gasteiger partial charge in [0.2, 0.25) is 5.76 Å². The summed E-state index contributed by atoms with van der Waals surface area (Å²) in [7, 11) is -2.40. The molecular formula is C19H20N2O6S. The lowest BCUT2D eigenvalue weighted by molar-refractivity contribution is 0.0911. The summed E-state index contributed by atoms with van der Waals surface area (Å²) in [6, 6.07) is 12.7. The summed E-state index contributed by atoms with van der Waals surface area (Å²) >= 11 is 0. The Morgan fingerprint density at radius 1 is 1.11 bits per heavy atom. The Kier molecular flexibility index (Phi) is 5.57. The molecule has 0 atom stereocenters. The van der Waals surface area contributed by atoms with Crippen LogP contribution >= 0.6 is 0 Å². The minimum absolute atomic E-state index is 0.0169. The maximum atomic E-state index is 12.6. The maximum Gasteiger partial charge on any atom is 0.305 e. The van der Waals surface area contributed by atoms with Crippen LogP contribution in [-0.2, 0) is 10.0 Å². The van der Waals surface area contributed by atoms with Gasteiger partial charge in [0.05, 0.1) is 23.5 Å². The number of ether oxygens (including phenoxy) is 2. The highest BCUT2D eigenvalue weighted by Crippen LogP contribution is 2.36. The number of hydrazine groups is 1. The highest BCUT2D eigenvalue weighted by molar-refractivity contribution is 7.89. The number of carbonyl (C=O) groups is 1. The van der Waals surface area contributed by atoms with E-state index in [1.807, 2.05) is 0 Å². The predicted molar refractivity (Wildman–Crippen MR) is 103 cm³/mol. The Labute approximate surface area is 162 Å². The van der Waals surface area contributed by atoms with E-state index in [2.05, 4.69) is 10.3 Å². The minimum atomic E-state index is -3.92. The van der Waals surface area contributed by atoms with Crippen LogP contribution in [0.4, 0.5) is 0 Å². The van der Waals surface area contributed by atoms with Crippen molar-refractivity contribution in [1.82, 2.24) is 10.3 Å². The molecule has 1 aromatic heterocycles. The summed E-state index contributed by atoms with van der Waals surface area (Å²) in [4.78, 5) is 14.7. The molecule has 1 heterocycles. The van der Waals surface area contributed by atoms with Crippen molar-refractivity contribution in [1.29, 1.82) is 0 Å². The molecule has 3 aromatic rings. The first-order valence-corrected chi connectivity index (χ1v) is 9.94. The molecule has 0 saturated heterocycles. The van der Waals surface area contributed by atoms with E-state index in [0.717, 1.165) is 0 Å². The summed E-state index contributed by atoms with van der Waals surface area (Å²) in [5.41, 5.74) is 2.57. The zero-order valence-electron chi connectivity index (χ0n) is 15.6. The van der Waals surface area contributed by atoms with E-state index in [1.54, 1.807) is 50.2 Å². The molecule has 9 heteroatoms. The van der Waals surface area contributed by atoms with Gasteiger partial charge in [-0.25, -0.2) is 8.42 Å². The normalized spacial score (nSPS) is 11.6. The Morgan fingerprint density at radius 3 is 2.46 bits per heavy atom. The fraction of sp³-hybridized carbons (Fsp3) is 0.211. The van der Waals surface area contributed by atoms with Crippen molar-refractivity contribution in [2.24, 2.45) is 0 Å². The van der Waals surface area contributed by atoms with Gasteiger partial charge in [-0.3, -0.25) is 10.2 Å². The highest BCUT2D eigenvalue weighted by Gasteiger charge is 2.25. The van der Waals surface area contributed by atoms with Crippen LogP contribution in [0, 0.1) is 0 Å². The van der Waals surface area contributed by atoms with Gasteiger partial charge in [0, 0.05) is 0 Å². The molecule has 2 aromatic carbocycles. The third-order valence-corrected chi connectivity index (χ3v) is 5.03. The SMILES string of the molecule is COc1ccc2oc(C(=O)NNS(=O)(=O)c3ccccc3)c(OC(C)C)c2c1. The van der Waals surface area contributed by atoms with E-state index < -0.39 is 15.9 Å². The van der Waals surface area contributed by atoms with Gasteiger partial charge >= 0.3 is 5.91 Å². The van der Waals surface area contributed by atoms with E-state index in [9.17, 15) is 13.2 Å². The summed E-state index contributed by atoms with van der Waals surface area (Å²) in [5, 5.41) is 0.545. The number of methoxy groups -OCH3 is 1. The zero-order chi connectivity index (χ0) is 20.3. The third-order valence-electron chi connectivity index (χ3n) is 3.76. The molecule has 8 nitrogen and oxygen atoms in total. The number of hydrogen-bond donors (Lipinski definition) is 2. The van der Waals surface area contributed by atoms with Crippen molar-refractivity contribution in [3.05, 3.63) is 54.3 Å². The van der Waals surface area contributed by atoms with E-state index in [4.69, 9.17) is 13.9 Å². The Morgan fingerprint density at radius 2 is 1.82 bits per heavy atom. The monoisotopic (exact) mass is 404 g/mol. The fourth-order valence-corrected chi connectivity index (χ4v) is 3.37. The van der Waals surface area contributed by atoms with Crippen molar-refractivity contribution >= 4 is 26.9 Å². The van der Waals surface area contributed by atoms with Crippen LogP contribution in [0.1, 0.15) is 24.4 Å². The number of sulfonamides is 1. The van der Waals surface area contributed by atoms with Gasteiger partial charge in [-0.1, -0.05) is 18.2 Å². The van der Waals surface area contributed by atoms with Gasteiger partial charge in [-0.05, 0) is 44.2 Å². The highest BCUT2D eigenvalue weighted by atomic mass is 32.2. The van der Waals surface area contributed by atoms with Crippen LogP contribution in [0.3, 0.4) is 0 Å². The topological polar surface area (TPSA) is 107 Å². The number of benzene rings is 2. The smallest absolute Gasteiger partial charge is 0.305 e. The molecule has 2 N–H and O–H groups in total. The van der Waals surface area contributed by atoms with E-state index >= 15 is 0 Å². The number of furan rings is 1. The van der Waals surface area contributed by atoms with Crippen molar-refractivity contribution in [3.63, 3.8) is 0 Å². The molecule has 148 valence electrons. The second-order valence-corrected chi connectivity index (χ2v) is 7.84. The van der Waals surface area contributed by atoms with E-state index in [0.29, 0.717) is 16.7 Å². The average Bonchev–Trinajstić information content (AvgIpc) is 3.04.